The molecular formula is C20H26N2O2S. The monoisotopic (exact) mass is 358 g/mol. The molecule has 3 rings (SSSR count). The van der Waals surface area contributed by atoms with Crippen LogP contribution in [0, 0.1) is 6.92 Å². The molecule has 0 saturated carbocycles. The van der Waals surface area contributed by atoms with Crippen LogP contribution in [-0.2, 0) is 11.3 Å². The van der Waals surface area contributed by atoms with E-state index in [-0.39, 0.29) is 16.8 Å². The minimum atomic E-state index is 0.0268. The van der Waals surface area contributed by atoms with Crippen molar-refractivity contribution in [2.45, 2.75) is 58.0 Å². The molecule has 134 valence electrons. The molecule has 0 aliphatic carbocycles. The summed E-state index contributed by atoms with van der Waals surface area (Å²) in [4.78, 5) is 26.8. The highest BCUT2D eigenvalue weighted by Gasteiger charge is 2.34. The first-order chi connectivity index (χ1) is 12.1. The Morgan fingerprint density at radius 2 is 2.08 bits per heavy atom. The molecule has 2 atom stereocenters. The summed E-state index contributed by atoms with van der Waals surface area (Å²) in [5, 5.41) is 1.86. The van der Waals surface area contributed by atoms with E-state index in [1.807, 2.05) is 18.4 Å². The second kappa shape index (κ2) is 8.00. The molecule has 25 heavy (non-hydrogen) atoms. The number of rotatable bonds is 6. The highest BCUT2D eigenvalue weighted by molar-refractivity contribution is 7.07. The summed E-state index contributed by atoms with van der Waals surface area (Å²) in [5.41, 5.74) is 2.26. The van der Waals surface area contributed by atoms with Gasteiger partial charge in [0.2, 0.25) is 5.91 Å². The van der Waals surface area contributed by atoms with E-state index in [1.54, 1.807) is 4.57 Å². The molecule has 1 aromatic heterocycles. The number of amides is 1. The van der Waals surface area contributed by atoms with Gasteiger partial charge >= 0.3 is 4.87 Å². The summed E-state index contributed by atoms with van der Waals surface area (Å²) < 4.78 is 1.71. The first-order valence-electron chi connectivity index (χ1n) is 9.11. The van der Waals surface area contributed by atoms with Crippen molar-refractivity contribution in [3.05, 3.63) is 56.6 Å². The van der Waals surface area contributed by atoms with Crippen LogP contribution in [0.1, 0.15) is 49.8 Å². The largest absolute Gasteiger partial charge is 0.339 e. The third-order valence-electron chi connectivity index (χ3n) is 5.28. The van der Waals surface area contributed by atoms with E-state index < -0.39 is 0 Å². The fraction of sp³-hybridized carbons (Fsp3) is 0.500. The average molecular weight is 359 g/mol. The summed E-state index contributed by atoms with van der Waals surface area (Å²) in [6.07, 6.45) is 3.56. The van der Waals surface area contributed by atoms with E-state index >= 15 is 0 Å². The maximum absolute atomic E-state index is 12.8. The van der Waals surface area contributed by atoms with Crippen LogP contribution in [-0.4, -0.2) is 28.0 Å². The molecule has 0 bridgehead atoms. The van der Waals surface area contributed by atoms with Crippen LogP contribution < -0.4 is 4.87 Å². The number of carbonyl (C=O) groups excluding carboxylic acids is 1. The number of carbonyl (C=O) groups is 1. The van der Waals surface area contributed by atoms with Gasteiger partial charge in [0.25, 0.3) is 0 Å². The molecule has 2 heterocycles. The summed E-state index contributed by atoms with van der Waals surface area (Å²) in [6, 6.07) is 10.8. The second-order valence-electron chi connectivity index (χ2n) is 6.77. The molecule has 0 spiro atoms. The number of hydrogen-bond acceptors (Lipinski definition) is 3. The zero-order chi connectivity index (χ0) is 17.8. The van der Waals surface area contributed by atoms with Gasteiger partial charge in [0.1, 0.15) is 0 Å². The van der Waals surface area contributed by atoms with E-state index in [9.17, 15) is 9.59 Å². The van der Waals surface area contributed by atoms with Gasteiger partial charge in [0.15, 0.2) is 0 Å². The molecule has 1 amide bonds. The number of nitrogens with zero attached hydrogens (tertiary/aromatic N) is 2. The molecule has 1 fully saturated rings. The maximum atomic E-state index is 12.8. The Morgan fingerprint density at radius 1 is 1.32 bits per heavy atom. The maximum Gasteiger partial charge on any atom is 0.307 e. The van der Waals surface area contributed by atoms with E-state index in [4.69, 9.17) is 0 Å². The van der Waals surface area contributed by atoms with Crippen LogP contribution in [0.4, 0.5) is 0 Å². The van der Waals surface area contributed by atoms with Gasteiger partial charge in [0, 0.05) is 42.5 Å². The van der Waals surface area contributed by atoms with E-state index in [0.29, 0.717) is 18.9 Å². The van der Waals surface area contributed by atoms with Crippen molar-refractivity contribution >= 4 is 17.2 Å². The standard InChI is InChI=1S/C20H26N2O2S/c1-3-17(16-8-5-4-6-9-16)18-10-7-12-22(18)19(23)11-13-21-15(2)14-25-20(21)24/h4-6,8-9,14,17-18H,3,7,10-13H2,1-2H3/t17-,18+/m1/s1. The predicted molar refractivity (Wildman–Crippen MR) is 102 cm³/mol. The van der Waals surface area contributed by atoms with E-state index in [1.165, 1.54) is 16.9 Å². The van der Waals surface area contributed by atoms with E-state index in [0.717, 1.165) is 31.5 Å². The zero-order valence-electron chi connectivity index (χ0n) is 15.0. The number of aromatic nitrogens is 1. The van der Waals surface area contributed by atoms with Gasteiger partial charge in [-0.1, -0.05) is 48.6 Å². The van der Waals surface area contributed by atoms with Gasteiger partial charge in [-0.2, -0.15) is 0 Å². The quantitative estimate of drug-likeness (QED) is 0.788. The summed E-state index contributed by atoms with van der Waals surface area (Å²) in [7, 11) is 0. The first-order valence-corrected chi connectivity index (χ1v) is 9.99. The van der Waals surface area contributed by atoms with Crippen molar-refractivity contribution in [3.8, 4) is 0 Å². The van der Waals surface area contributed by atoms with Crippen molar-refractivity contribution in [2.75, 3.05) is 6.54 Å². The van der Waals surface area contributed by atoms with Crippen molar-refractivity contribution in [1.29, 1.82) is 0 Å². The minimum absolute atomic E-state index is 0.0268. The highest BCUT2D eigenvalue weighted by atomic mass is 32.1. The molecule has 0 N–H and O–H groups in total. The fourth-order valence-electron chi connectivity index (χ4n) is 3.98. The second-order valence-corrected chi connectivity index (χ2v) is 7.59. The third-order valence-corrected chi connectivity index (χ3v) is 6.16. The minimum Gasteiger partial charge on any atom is -0.339 e. The van der Waals surface area contributed by atoms with Crippen LogP contribution in [0.5, 0.6) is 0 Å². The lowest BCUT2D eigenvalue weighted by Crippen LogP contribution is -2.39. The lowest BCUT2D eigenvalue weighted by Gasteiger charge is -2.32. The SMILES string of the molecule is CC[C@H](c1ccccc1)[C@@H]1CCCN1C(=O)CCn1c(C)csc1=O. The average Bonchev–Trinajstić information content (AvgIpc) is 3.22. The predicted octanol–water partition coefficient (Wildman–Crippen LogP) is 3.79. The summed E-state index contributed by atoms with van der Waals surface area (Å²) >= 11 is 1.20. The van der Waals surface area contributed by atoms with Gasteiger partial charge in [-0.25, -0.2) is 0 Å². The topological polar surface area (TPSA) is 42.3 Å². The van der Waals surface area contributed by atoms with Gasteiger partial charge in [-0.3, -0.25) is 9.59 Å². The molecule has 5 heteroatoms. The molecule has 1 saturated heterocycles. The molecule has 1 aromatic carbocycles. The van der Waals surface area contributed by atoms with Crippen LogP contribution in [0.2, 0.25) is 0 Å². The van der Waals surface area contributed by atoms with Crippen molar-refractivity contribution < 1.29 is 4.79 Å². The Bertz CT molecular complexity index is 766. The number of likely N-dealkylation sites (tertiary alicyclic amines) is 1. The number of thiazole rings is 1. The van der Waals surface area contributed by atoms with E-state index in [2.05, 4.69) is 36.1 Å². The molecule has 0 radical (unpaired) electrons. The molecular weight excluding hydrogens is 332 g/mol. The Morgan fingerprint density at radius 3 is 2.72 bits per heavy atom. The molecule has 0 unspecified atom stereocenters. The van der Waals surface area contributed by atoms with Gasteiger partial charge in [0.05, 0.1) is 0 Å². The van der Waals surface area contributed by atoms with Crippen LogP contribution in [0.25, 0.3) is 0 Å². The number of aryl methyl sites for hydroxylation is 1. The molecule has 2 aromatic rings. The van der Waals surface area contributed by atoms with Crippen molar-refractivity contribution in [1.82, 2.24) is 9.47 Å². The normalized spacial score (nSPS) is 18.5. The van der Waals surface area contributed by atoms with Crippen LogP contribution >= 0.6 is 11.3 Å². The summed E-state index contributed by atoms with van der Waals surface area (Å²) in [6.45, 7) is 5.44. The Hall–Kier alpha value is -1.88. The summed E-state index contributed by atoms with van der Waals surface area (Å²) in [5.74, 6) is 0.563. The zero-order valence-corrected chi connectivity index (χ0v) is 15.8. The first kappa shape index (κ1) is 17.9. The van der Waals surface area contributed by atoms with Crippen LogP contribution in [0.15, 0.2) is 40.5 Å². The molecule has 1 aliphatic heterocycles. The number of hydrogen-bond donors (Lipinski definition) is 0. The van der Waals surface area contributed by atoms with Crippen LogP contribution in [0.3, 0.4) is 0 Å². The third kappa shape index (κ3) is 3.87. The highest BCUT2D eigenvalue weighted by Crippen LogP contribution is 2.33. The Kier molecular flexibility index (Phi) is 5.74. The Balaban J connectivity index is 1.70. The van der Waals surface area contributed by atoms with Crippen molar-refractivity contribution in [3.63, 3.8) is 0 Å². The fourth-order valence-corrected chi connectivity index (χ4v) is 4.74. The lowest BCUT2D eigenvalue weighted by molar-refractivity contribution is -0.132. The Labute approximate surface area is 153 Å². The van der Waals surface area contributed by atoms with Gasteiger partial charge in [-0.05, 0) is 31.7 Å². The smallest absolute Gasteiger partial charge is 0.307 e. The lowest BCUT2D eigenvalue weighted by atomic mass is 9.87. The van der Waals surface area contributed by atoms with Crippen molar-refractivity contribution in [2.24, 2.45) is 0 Å². The van der Waals surface area contributed by atoms with Gasteiger partial charge in [-0.15, -0.1) is 0 Å². The van der Waals surface area contributed by atoms with Gasteiger partial charge < -0.3 is 9.47 Å². The number of benzene rings is 1. The molecule has 4 nitrogen and oxygen atoms in total. The molecule has 1 aliphatic rings.